The van der Waals surface area contributed by atoms with Crippen molar-refractivity contribution in [1.29, 1.82) is 0 Å². The highest BCUT2D eigenvalue weighted by molar-refractivity contribution is 9.10. The van der Waals surface area contributed by atoms with Gasteiger partial charge in [-0.15, -0.1) is 5.10 Å². The Morgan fingerprint density at radius 1 is 1.19 bits per heavy atom. The summed E-state index contributed by atoms with van der Waals surface area (Å²) in [7, 11) is -3.47. The molecule has 1 aliphatic carbocycles. The fourth-order valence-electron chi connectivity index (χ4n) is 5.09. The number of carbonyl (C=O) groups is 1. The molecule has 1 saturated heterocycles. The fraction of sp³-hybridized carbons (Fsp3) is 0.400. The van der Waals surface area contributed by atoms with E-state index in [9.17, 15) is 13.2 Å². The second kappa shape index (κ2) is 9.74. The van der Waals surface area contributed by atoms with E-state index in [1.54, 1.807) is 16.8 Å². The number of sulfone groups is 1. The Morgan fingerprint density at radius 2 is 1.94 bits per heavy atom. The number of halogens is 3. The molecule has 2 fully saturated rings. The van der Waals surface area contributed by atoms with Crippen molar-refractivity contribution in [2.45, 2.75) is 43.7 Å². The molecule has 0 radical (unpaired) electrons. The van der Waals surface area contributed by atoms with E-state index in [0.29, 0.717) is 56.3 Å². The molecule has 0 bridgehead atoms. The second-order valence-electron chi connectivity index (χ2n) is 9.63. The number of hydrogen-bond donors (Lipinski definition) is 0. The summed E-state index contributed by atoms with van der Waals surface area (Å²) >= 11 is 16.0. The second-order valence-corrected chi connectivity index (χ2v) is 13.3. The molecule has 0 spiro atoms. The van der Waals surface area contributed by atoms with Gasteiger partial charge in [-0.25, -0.2) is 13.1 Å². The van der Waals surface area contributed by atoms with E-state index in [-0.39, 0.29) is 16.8 Å². The number of amides is 1. The Labute approximate surface area is 228 Å². The first-order chi connectivity index (χ1) is 17.0. The minimum atomic E-state index is -3.47. The molecule has 2 atom stereocenters. The highest BCUT2D eigenvalue weighted by Crippen LogP contribution is 2.45. The lowest BCUT2D eigenvalue weighted by molar-refractivity contribution is 0.0691. The molecule has 190 valence electrons. The molecule has 1 amide bonds. The van der Waals surface area contributed by atoms with Gasteiger partial charge in [0.15, 0.2) is 9.84 Å². The van der Waals surface area contributed by atoms with Crippen LogP contribution in [0.3, 0.4) is 0 Å². The lowest BCUT2D eigenvalue weighted by atomic mass is 9.94. The van der Waals surface area contributed by atoms with Crippen LogP contribution in [0.2, 0.25) is 10.0 Å². The van der Waals surface area contributed by atoms with Gasteiger partial charge in [-0.2, -0.15) is 0 Å². The first-order valence-electron chi connectivity index (χ1n) is 11.7. The summed E-state index contributed by atoms with van der Waals surface area (Å²) in [6, 6.07) is 8.35. The van der Waals surface area contributed by atoms with Crippen molar-refractivity contribution in [1.82, 2.24) is 19.9 Å². The van der Waals surface area contributed by atoms with Crippen LogP contribution in [0.4, 0.5) is 0 Å². The number of carbonyl (C=O) groups excluding carboxylic acids is 1. The molecule has 2 aromatic carbocycles. The van der Waals surface area contributed by atoms with Crippen LogP contribution in [-0.2, 0) is 16.4 Å². The minimum Gasteiger partial charge on any atom is -0.333 e. The number of benzene rings is 2. The van der Waals surface area contributed by atoms with Gasteiger partial charge in [0.1, 0.15) is 5.69 Å². The van der Waals surface area contributed by atoms with Gasteiger partial charge in [-0.3, -0.25) is 4.79 Å². The molecule has 3 aromatic rings. The Hall–Kier alpha value is -1.94. The van der Waals surface area contributed by atoms with Crippen molar-refractivity contribution in [3.63, 3.8) is 0 Å². The smallest absolute Gasteiger partial charge is 0.254 e. The van der Waals surface area contributed by atoms with Crippen LogP contribution in [-0.4, -0.2) is 53.1 Å². The first-order valence-corrected chi connectivity index (χ1v) is 15.1. The number of hydrogen-bond acceptors (Lipinski definition) is 5. The number of nitrogens with zero attached hydrogens (tertiary/aromatic N) is 4. The molecule has 0 N–H and O–H groups in total. The van der Waals surface area contributed by atoms with Gasteiger partial charge in [0.05, 0.1) is 33.7 Å². The van der Waals surface area contributed by atoms with Crippen LogP contribution in [0.25, 0.3) is 11.3 Å². The molecular formula is C25H25BrCl2N4O3S. The van der Waals surface area contributed by atoms with E-state index in [1.807, 2.05) is 30.2 Å². The van der Waals surface area contributed by atoms with E-state index in [0.717, 1.165) is 31.1 Å². The maximum atomic E-state index is 13.8. The average molecular weight is 612 g/mol. The monoisotopic (exact) mass is 610 g/mol. The SMILES string of the molecule is Cc1c(Br)cc(S(C)(=O)=O)cc1C(=O)N1CCC(C2CC2)C1Cn1cc(-c2cccc(Cl)c2Cl)nn1. The van der Waals surface area contributed by atoms with E-state index < -0.39 is 9.84 Å². The van der Waals surface area contributed by atoms with Crippen LogP contribution in [0.5, 0.6) is 0 Å². The van der Waals surface area contributed by atoms with Crippen LogP contribution in [0, 0.1) is 18.8 Å². The van der Waals surface area contributed by atoms with Crippen LogP contribution in [0.1, 0.15) is 35.2 Å². The van der Waals surface area contributed by atoms with Gasteiger partial charge in [-0.05, 0) is 61.8 Å². The van der Waals surface area contributed by atoms with Crippen molar-refractivity contribution in [3.8, 4) is 11.3 Å². The Balaban J connectivity index is 1.46. The standard InChI is InChI=1S/C25H25BrCl2N4O3S/c1-14-19(10-16(11-20(14)26)36(2,34)35)25(33)32-9-8-17(15-6-7-15)23(32)13-31-12-22(29-30-31)18-4-3-5-21(27)24(18)28/h3-5,10-12,15,17,23H,6-9,13H2,1-2H3. The molecule has 1 saturated carbocycles. The Kier molecular flexibility index (Phi) is 6.95. The summed E-state index contributed by atoms with van der Waals surface area (Å²) in [6.07, 6.45) is 6.22. The third-order valence-corrected chi connectivity index (χ3v) is 9.94. The van der Waals surface area contributed by atoms with Crippen LogP contribution < -0.4 is 0 Å². The zero-order valence-electron chi connectivity index (χ0n) is 19.8. The predicted molar refractivity (Wildman–Crippen MR) is 143 cm³/mol. The van der Waals surface area contributed by atoms with Crippen LogP contribution in [0.15, 0.2) is 45.9 Å². The molecule has 11 heteroatoms. The summed E-state index contributed by atoms with van der Waals surface area (Å²) in [6.45, 7) is 2.93. The molecule has 2 unspecified atom stereocenters. The fourth-order valence-corrected chi connectivity index (χ4v) is 6.76. The third-order valence-electron chi connectivity index (χ3n) is 7.20. The summed E-state index contributed by atoms with van der Waals surface area (Å²) in [5, 5.41) is 9.50. The zero-order chi connectivity index (χ0) is 25.8. The van der Waals surface area contributed by atoms with Gasteiger partial charge in [-0.1, -0.05) is 56.5 Å². The van der Waals surface area contributed by atoms with Crippen molar-refractivity contribution in [3.05, 3.63) is 62.2 Å². The number of aromatic nitrogens is 3. The minimum absolute atomic E-state index is 0.0746. The average Bonchev–Trinajstić information content (AvgIpc) is 3.42. The molecule has 1 aliphatic heterocycles. The number of likely N-dealkylation sites (tertiary alicyclic amines) is 1. The van der Waals surface area contributed by atoms with E-state index in [2.05, 4.69) is 26.2 Å². The lowest BCUT2D eigenvalue weighted by Gasteiger charge is -2.29. The maximum absolute atomic E-state index is 13.8. The van der Waals surface area contributed by atoms with E-state index in [4.69, 9.17) is 23.2 Å². The largest absolute Gasteiger partial charge is 0.333 e. The highest BCUT2D eigenvalue weighted by Gasteiger charge is 2.45. The summed E-state index contributed by atoms with van der Waals surface area (Å²) in [4.78, 5) is 15.8. The van der Waals surface area contributed by atoms with Gasteiger partial charge in [0.2, 0.25) is 0 Å². The highest BCUT2D eigenvalue weighted by atomic mass is 79.9. The molecule has 5 rings (SSSR count). The molecule has 1 aromatic heterocycles. The normalized spacial score (nSPS) is 20.2. The Bertz CT molecular complexity index is 1460. The zero-order valence-corrected chi connectivity index (χ0v) is 23.7. The molecule has 7 nitrogen and oxygen atoms in total. The van der Waals surface area contributed by atoms with Gasteiger partial charge >= 0.3 is 0 Å². The van der Waals surface area contributed by atoms with Gasteiger partial charge in [0, 0.05) is 28.4 Å². The van der Waals surface area contributed by atoms with E-state index >= 15 is 0 Å². The summed E-state index contributed by atoms with van der Waals surface area (Å²) < 4.78 is 26.8. The van der Waals surface area contributed by atoms with Crippen molar-refractivity contribution in [2.75, 3.05) is 12.8 Å². The summed E-state index contributed by atoms with van der Waals surface area (Å²) in [5.74, 6) is 0.789. The topological polar surface area (TPSA) is 85.2 Å². The van der Waals surface area contributed by atoms with Crippen molar-refractivity contribution >= 4 is 54.9 Å². The summed E-state index contributed by atoms with van der Waals surface area (Å²) in [5.41, 5.74) is 2.43. The first kappa shape index (κ1) is 25.7. The molecule has 2 heterocycles. The van der Waals surface area contributed by atoms with Gasteiger partial charge < -0.3 is 4.90 Å². The van der Waals surface area contributed by atoms with Crippen LogP contribution >= 0.6 is 39.1 Å². The predicted octanol–water partition coefficient (Wildman–Crippen LogP) is 5.67. The molecular weight excluding hydrogens is 587 g/mol. The Morgan fingerprint density at radius 3 is 2.64 bits per heavy atom. The quantitative estimate of drug-likeness (QED) is 0.359. The lowest BCUT2D eigenvalue weighted by Crippen LogP contribution is -2.41. The van der Waals surface area contributed by atoms with E-state index in [1.165, 1.54) is 6.07 Å². The molecule has 2 aliphatic rings. The number of rotatable bonds is 6. The molecule has 36 heavy (non-hydrogen) atoms. The van der Waals surface area contributed by atoms with Crippen molar-refractivity contribution < 1.29 is 13.2 Å². The van der Waals surface area contributed by atoms with Gasteiger partial charge in [0.25, 0.3) is 5.91 Å². The third kappa shape index (κ3) is 4.95. The maximum Gasteiger partial charge on any atom is 0.254 e. The van der Waals surface area contributed by atoms with Crippen molar-refractivity contribution in [2.24, 2.45) is 11.8 Å².